The van der Waals surface area contributed by atoms with Crippen molar-refractivity contribution in [1.29, 1.82) is 0 Å². The van der Waals surface area contributed by atoms with Crippen LogP contribution in [0, 0.1) is 0 Å². The average Bonchev–Trinajstić information content (AvgIpc) is 2.57. The molecule has 0 saturated carbocycles. The van der Waals surface area contributed by atoms with Crippen molar-refractivity contribution in [2.24, 2.45) is 0 Å². The lowest BCUT2D eigenvalue weighted by Crippen LogP contribution is -2.24. The van der Waals surface area contributed by atoms with E-state index >= 15 is 0 Å². The van der Waals surface area contributed by atoms with E-state index in [4.69, 9.17) is 4.74 Å². The lowest BCUT2D eigenvalue weighted by atomic mass is 10.3. The lowest BCUT2D eigenvalue weighted by molar-refractivity contribution is 0.120. The highest BCUT2D eigenvalue weighted by molar-refractivity contribution is 9.10. The highest BCUT2D eigenvalue weighted by Gasteiger charge is 1.97. The van der Waals surface area contributed by atoms with E-state index in [2.05, 4.69) is 46.5 Å². The Balaban J connectivity index is 1.98. The Hall–Kier alpha value is 0.1000. The fourth-order valence-electron chi connectivity index (χ4n) is 1.17. The molecule has 86 valence electrons. The predicted octanol–water partition coefficient (Wildman–Crippen LogP) is 3.42. The van der Waals surface area contributed by atoms with Crippen LogP contribution in [0.5, 0.6) is 0 Å². The van der Waals surface area contributed by atoms with Crippen molar-refractivity contribution in [3.8, 4) is 0 Å². The van der Waals surface area contributed by atoms with Gasteiger partial charge in [-0.25, -0.2) is 0 Å². The second-order valence-electron chi connectivity index (χ2n) is 3.75. The van der Waals surface area contributed by atoms with Gasteiger partial charge < -0.3 is 10.1 Å². The van der Waals surface area contributed by atoms with E-state index in [9.17, 15) is 0 Å². The molecular formula is C11H18BrNOS. The van der Waals surface area contributed by atoms with Gasteiger partial charge in [-0.05, 0) is 35.0 Å². The summed E-state index contributed by atoms with van der Waals surface area (Å²) in [5, 5.41) is 5.45. The van der Waals surface area contributed by atoms with E-state index in [0.29, 0.717) is 6.04 Å². The zero-order valence-electron chi connectivity index (χ0n) is 9.25. The van der Waals surface area contributed by atoms with Gasteiger partial charge in [-0.3, -0.25) is 0 Å². The summed E-state index contributed by atoms with van der Waals surface area (Å²) in [4.78, 5) is 1.28. The summed E-state index contributed by atoms with van der Waals surface area (Å²) in [7, 11) is 0. The van der Waals surface area contributed by atoms with Crippen molar-refractivity contribution in [1.82, 2.24) is 5.32 Å². The molecule has 1 heterocycles. The Morgan fingerprint density at radius 3 is 2.93 bits per heavy atom. The first-order valence-electron chi connectivity index (χ1n) is 5.22. The third kappa shape index (κ3) is 6.30. The fraction of sp³-hybridized carbons (Fsp3) is 0.636. The first kappa shape index (κ1) is 13.2. The van der Waals surface area contributed by atoms with Crippen LogP contribution >= 0.6 is 27.3 Å². The maximum Gasteiger partial charge on any atom is 0.0809 e. The quantitative estimate of drug-likeness (QED) is 0.778. The molecule has 1 aromatic heterocycles. The zero-order chi connectivity index (χ0) is 11.1. The van der Waals surface area contributed by atoms with E-state index in [-0.39, 0.29) is 0 Å². The minimum absolute atomic E-state index is 0.568. The predicted molar refractivity (Wildman–Crippen MR) is 69.4 cm³/mol. The monoisotopic (exact) mass is 291 g/mol. The molecule has 0 unspecified atom stereocenters. The van der Waals surface area contributed by atoms with Crippen molar-refractivity contribution >= 4 is 27.3 Å². The van der Waals surface area contributed by atoms with Gasteiger partial charge in [0.2, 0.25) is 0 Å². The summed E-state index contributed by atoms with van der Waals surface area (Å²) in [6.07, 6.45) is 1.07. The van der Waals surface area contributed by atoms with E-state index in [1.54, 1.807) is 11.3 Å². The molecule has 0 saturated heterocycles. The van der Waals surface area contributed by atoms with Gasteiger partial charge in [0, 0.05) is 27.4 Å². The molecule has 0 amide bonds. The van der Waals surface area contributed by atoms with Crippen LogP contribution in [-0.4, -0.2) is 19.2 Å². The number of hydrogen-bond donors (Lipinski definition) is 1. The number of thiophene rings is 1. The van der Waals surface area contributed by atoms with Gasteiger partial charge in [0.15, 0.2) is 0 Å². The van der Waals surface area contributed by atoms with Crippen LogP contribution in [0.2, 0.25) is 0 Å². The molecule has 0 spiro atoms. The molecule has 15 heavy (non-hydrogen) atoms. The van der Waals surface area contributed by atoms with Gasteiger partial charge in [0.25, 0.3) is 0 Å². The summed E-state index contributed by atoms with van der Waals surface area (Å²) < 4.78 is 6.71. The van der Waals surface area contributed by atoms with Gasteiger partial charge in [-0.2, -0.15) is 0 Å². The van der Waals surface area contributed by atoms with E-state index in [1.165, 1.54) is 4.88 Å². The molecule has 1 aromatic rings. The Bertz CT molecular complexity index is 275. The lowest BCUT2D eigenvalue weighted by Gasteiger charge is -2.07. The maximum absolute atomic E-state index is 5.56. The summed E-state index contributed by atoms with van der Waals surface area (Å²) in [5.41, 5.74) is 0. The topological polar surface area (TPSA) is 21.3 Å². The first-order valence-corrected chi connectivity index (χ1v) is 6.90. The van der Waals surface area contributed by atoms with E-state index in [1.807, 2.05) is 0 Å². The second kappa shape index (κ2) is 7.39. The van der Waals surface area contributed by atoms with Crippen LogP contribution in [0.15, 0.2) is 15.9 Å². The van der Waals surface area contributed by atoms with Crippen LogP contribution in [0.25, 0.3) is 0 Å². The maximum atomic E-state index is 5.56. The second-order valence-corrected chi connectivity index (χ2v) is 5.66. The first-order chi connectivity index (χ1) is 7.18. The fourth-order valence-corrected chi connectivity index (χ4v) is 2.55. The van der Waals surface area contributed by atoms with Gasteiger partial charge in [0.1, 0.15) is 0 Å². The molecule has 4 heteroatoms. The molecule has 1 N–H and O–H groups in total. The van der Waals surface area contributed by atoms with Gasteiger partial charge in [-0.15, -0.1) is 11.3 Å². The normalized spacial score (nSPS) is 11.2. The van der Waals surface area contributed by atoms with Gasteiger partial charge >= 0.3 is 0 Å². The van der Waals surface area contributed by atoms with Crippen molar-refractivity contribution in [2.45, 2.75) is 32.9 Å². The van der Waals surface area contributed by atoms with E-state index < -0.39 is 0 Å². The van der Waals surface area contributed by atoms with Crippen LogP contribution in [0.3, 0.4) is 0 Å². The van der Waals surface area contributed by atoms with E-state index in [0.717, 1.165) is 30.7 Å². The molecule has 0 fully saturated rings. The molecule has 1 rings (SSSR count). The molecule has 0 atom stereocenters. The van der Waals surface area contributed by atoms with Crippen LogP contribution in [0.1, 0.15) is 25.1 Å². The Morgan fingerprint density at radius 1 is 1.53 bits per heavy atom. The highest BCUT2D eigenvalue weighted by atomic mass is 79.9. The molecule has 0 aliphatic heterocycles. The summed E-state index contributed by atoms with van der Waals surface area (Å²) in [5.74, 6) is 0. The Morgan fingerprint density at radius 2 is 2.33 bits per heavy atom. The number of halogens is 1. The molecule has 0 radical (unpaired) electrons. The third-order valence-electron chi connectivity index (χ3n) is 1.88. The van der Waals surface area contributed by atoms with Crippen molar-refractivity contribution in [2.75, 3.05) is 13.2 Å². The molecule has 0 bridgehead atoms. The van der Waals surface area contributed by atoms with Gasteiger partial charge in [0.05, 0.1) is 6.61 Å². The molecule has 0 aromatic carbocycles. The summed E-state index contributed by atoms with van der Waals surface area (Å²) >= 11 is 5.16. The number of ether oxygens (including phenoxy) is 1. The molecule has 0 aliphatic rings. The number of hydrogen-bond acceptors (Lipinski definition) is 3. The Kier molecular flexibility index (Phi) is 6.48. The summed E-state index contributed by atoms with van der Waals surface area (Å²) in [6, 6.07) is 2.68. The van der Waals surface area contributed by atoms with Crippen molar-refractivity contribution in [3.05, 3.63) is 20.8 Å². The molecule has 2 nitrogen and oxygen atoms in total. The highest BCUT2D eigenvalue weighted by Crippen LogP contribution is 2.20. The molecular weight excluding hydrogens is 274 g/mol. The smallest absolute Gasteiger partial charge is 0.0809 e. The standard InChI is InChI=1S/C11H18BrNOS/c1-9(2)13-4-3-5-14-7-11-6-10(12)8-15-11/h6,8-9,13H,3-5,7H2,1-2H3. The zero-order valence-corrected chi connectivity index (χ0v) is 11.7. The van der Waals surface area contributed by atoms with Crippen LogP contribution in [-0.2, 0) is 11.3 Å². The van der Waals surface area contributed by atoms with Gasteiger partial charge in [-0.1, -0.05) is 13.8 Å². The van der Waals surface area contributed by atoms with Crippen molar-refractivity contribution < 1.29 is 4.74 Å². The SMILES string of the molecule is CC(C)NCCCOCc1cc(Br)cs1. The van der Waals surface area contributed by atoms with Crippen molar-refractivity contribution in [3.63, 3.8) is 0 Å². The average molecular weight is 292 g/mol. The number of nitrogens with one attached hydrogen (secondary N) is 1. The minimum atomic E-state index is 0.568. The number of rotatable bonds is 7. The molecule has 0 aliphatic carbocycles. The largest absolute Gasteiger partial charge is 0.376 e. The third-order valence-corrected chi connectivity index (χ3v) is 3.56. The summed E-state index contributed by atoms with van der Waals surface area (Å²) in [6.45, 7) is 6.91. The minimum Gasteiger partial charge on any atom is -0.376 e. The van der Waals surface area contributed by atoms with Crippen LogP contribution < -0.4 is 5.32 Å². The van der Waals surface area contributed by atoms with Crippen LogP contribution in [0.4, 0.5) is 0 Å². The Labute approximate surface area is 104 Å².